The number of hydrogen-bond acceptors (Lipinski definition) is 2. The Bertz CT molecular complexity index is 261. The van der Waals surface area contributed by atoms with Crippen LogP contribution in [0.15, 0.2) is 24.5 Å². The van der Waals surface area contributed by atoms with E-state index in [1.165, 1.54) is 5.56 Å². The van der Waals surface area contributed by atoms with Gasteiger partial charge in [0, 0.05) is 12.4 Å². The maximum absolute atomic E-state index is 9.65. The first-order valence-electron chi connectivity index (χ1n) is 5.68. The van der Waals surface area contributed by atoms with Crippen LogP contribution in [0.4, 0.5) is 0 Å². The van der Waals surface area contributed by atoms with Crippen LogP contribution in [-0.2, 0) is 6.42 Å². The summed E-state index contributed by atoms with van der Waals surface area (Å²) in [5.74, 6) is 0.921. The molecular weight excluding hydrogens is 186 g/mol. The molecule has 0 amide bonds. The highest BCUT2D eigenvalue weighted by atomic mass is 16.3. The summed E-state index contributed by atoms with van der Waals surface area (Å²) in [5, 5.41) is 9.65. The van der Waals surface area contributed by atoms with E-state index in [-0.39, 0.29) is 6.10 Å². The van der Waals surface area contributed by atoms with Gasteiger partial charge in [-0.25, -0.2) is 0 Å². The van der Waals surface area contributed by atoms with Gasteiger partial charge in [0.1, 0.15) is 0 Å². The second-order valence-corrected chi connectivity index (χ2v) is 4.54. The molecule has 2 unspecified atom stereocenters. The Kier molecular flexibility index (Phi) is 4.76. The monoisotopic (exact) mass is 207 g/mol. The molecule has 0 aromatic carbocycles. The van der Waals surface area contributed by atoms with Gasteiger partial charge in [-0.05, 0) is 49.3 Å². The summed E-state index contributed by atoms with van der Waals surface area (Å²) in [6.45, 7) is 6.23. The van der Waals surface area contributed by atoms with Gasteiger partial charge in [0.25, 0.3) is 0 Å². The van der Waals surface area contributed by atoms with E-state index in [0.29, 0.717) is 11.8 Å². The molecular formula is C13H21NO. The first-order chi connectivity index (χ1) is 7.11. The van der Waals surface area contributed by atoms with Gasteiger partial charge in [-0.15, -0.1) is 0 Å². The summed E-state index contributed by atoms with van der Waals surface area (Å²) in [6, 6.07) is 4.08. The number of nitrogens with zero attached hydrogens (tertiary/aromatic N) is 1. The SMILES string of the molecule is CC(C)C(CCc1ccncc1)C(C)O. The van der Waals surface area contributed by atoms with Gasteiger partial charge in [0.2, 0.25) is 0 Å². The minimum Gasteiger partial charge on any atom is -0.393 e. The van der Waals surface area contributed by atoms with Crippen molar-refractivity contribution in [2.24, 2.45) is 11.8 Å². The van der Waals surface area contributed by atoms with Crippen molar-refractivity contribution in [3.63, 3.8) is 0 Å². The molecule has 1 rings (SSSR count). The van der Waals surface area contributed by atoms with Crippen LogP contribution in [-0.4, -0.2) is 16.2 Å². The fourth-order valence-electron chi connectivity index (χ4n) is 2.01. The molecule has 1 heterocycles. The van der Waals surface area contributed by atoms with Gasteiger partial charge in [-0.2, -0.15) is 0 Å². The predicted octanol–water partition coefficient (Wildman–Crippen LogP) is 2.67. The molecule has 0 fully saturated rings. The highest BCUT2D eigenvalue weighted by Gasteiger charge is 2.18. The molecule has 0 spiro atoms. The fourth-order valence-corrected chi connectivity index (χ4v) is 2.01. The fraction of sp³-hybridized carbons (Fsp3) is 0.615. The minimum absolute atomic E-state index is 0.216. The Labute approximate surface area is 92.4 Å². The van der Waals surface area contributed by atoms with Crippen LogP contribution in [0.1, 0.15) is 32.8 Å². The predicted molar refractivity (Wildman–Crippen MR) is 62.6 cm³/mol. The normalized spacial score (nSPS) is 15.3. The van der Waals surface area contributed by atoms with E-state index in [9.17, 15) is 5.11 Å². The number of aryl methyl sites for hydroxylation is 1. The molecule has 0 aliphatic carbocycles. The Morgan fingerprint density at radius 1 is 1.20 bits per heavy atom. The third-order valence-corrected chi connectivity index (χ3v) is 2.99. The maximum atomic E-state index is 9.65. The number of pyridine rings is 1. The molecule has 0 bridgehead atoms. The average molecular weight is 207 g/mol. The van der Waals surface area contributed by atoms with E-state index < -0.39 is 0 Å². The number of aromatic nitrogens is 1. The average Bonchev–Trinajstić information content (AvgIpc) is 2.18. The van der Waals surface area contributed by atoms with Crippen LogP contribution < -0.4 is 0 Å². The number of rotatable bonds is 5. The number of hydrogen-bond donors (Lipinski definition) is 1. The van der Waals surface area contributed by atoms with Crippen molar-refractivity contribution in [1.82, 2.24) is 4.98 Å². The van der Waals surface area contributed by atoms with E-state index in [2.05, 4.69) is 18.8 Å². The molecule has 0 aliphatic heterocycles. The molecule has 0 saturated carbocycles. The summed E-state index contributed by atoms with van der Waals surface area (Å²) in [4.78, 5) is 3.99. The summed E-state index contributed by atoms with van der Waals surface area (Å²) in [5.41, 5.74) is 1.30. The zero-order valence-electron chi connectivity index (χ0n) is 9.85. The lowest BCUT2D eigenvalue weighted by atomic mass is 9.86. The molecule has 1 aromatic rings. The van der Waals surface area contributed by atoms with Gasteiger partial charge in [-0.1, -0.05) is 13.8 Å². The van der Waals surface area contributed by atoms with E-state index in [4.69, 9.17) is 0 Å². The van der Waals surface area contributed by atoms with Crippen molar-refractivity contribution >= 4 is 0 Å². The van der Waals surface area contributed by atoms with E-state index >= 15 is 0 Å². The molecule has 2 nitrogen and oxygen atoms in total. The summed E-state index contributed by atoms with van der Waals surface area (Å²) < 4.78 is 0. The van der Waals surface area contributed by atoms with Gasteiger partial charge in [0.15, 0.2) is 0 Å². The molecule has 2 heteroatoms. The minimum atomic E-state index is -0.216. The lowest BCUT2D eigenvalue weighted by molar-refractivity contribution is 0.0921. The van der Waals surface area contributed by atoms with Crippen LogP contribution >= 0.6 is 0 Å². The lowest BCUT2D eigenvalue weighted by Crippen LogP contribution is -2.22. The zero-order chi connectivity index (χ0) is 11.3. The van der Waals surface area contributed by atoms with Gasteiger partial charge < -0.3 is 5.11 Å². The maximum Gasteiger partial charge on any atom is 0.0542 e. The van der Waals surface area contributed by atoms with E-state index in [1.54, 1.807) is 0 Å². The van der Waals surface area contributed by atoms with Crippen LogP contribution in [0.5, 0.6) is 0 Å². The second-order valence-electron chi connectivity index (χ2n) is 4.54. The van der Waals surface area contributed by atoms with E-state index in [0.717, 1.165) is 12.8 Å². The molecule has 1 aromatic heterocycles. The van der Waals surface area contributed by atoms with Crippen molar-refractivity contribution in [3.05, 3.63) is 30.1 Å². The van der Waals surface area contributed by atoms with Crippen LogP contribution in [0.3, 0.4) is 0 Å². The quantitative estimate of drug-likeness (QED) is 0.805. The van der Waals surface area contributed by atoms with E-state index in [1.807, 2.05) is 31.5 Å². The Morgan fingerprint density at radius 2 is 1.80 bits per heavy atom. The largest absolute Gasteiger partial charge is 0.393 e. The standard InChI is InChI=1S/C13H21NO/c1-10(2)13(11(3)15)5-4-12-6-8-14-9-7-12/h6-11,13,15H,4-5H2,1-3H3. The number of aliphatic hydroxyl groups is 1. The highest BCUT2D eigenvalue weighted by molar-refractivity contribution is 5.09. The molecule has 0 aliphatic rings. The molecule has 0 radical (unpaired) electrons. The van der Waals surface area contributed by atoms with Gasteiger partial charge in [0.05, 0.1) is 6.10 Å². The topological polar surface area (TPSA) is 33.1 Å². The van der Waals surface area contributed by atoms with Crippen LogP contribution in [0.25, 0.3) is 0 Å². The van der Waals surface area contributed by atoms with Gasteiger partial charge >= 0.3 is 0 Å². The van der Waals surface area contributed by atoms with Crippen molar-refractivity contribution in [2.75, 3.05) is 0 Å². The highest BCUT2D eigenvalue weighted by Crippen LogP contribution is 2.21. The Morgan fingerprint density at radius 3 is 2.27 bits per heavy atom. The van der Waals surface area contributed by atoms with Crippen LogP contribution in [0.2, 0.25) is 0 Å². The van der Waals surface area contributed by atoms with Gasteiger partial charge in [-0.3, -0.25) is 4.98 Å². The van der Waals surface area contributed by atoms with Crippen LogP contribution in [0, 0.1) is 11.8 Å². The smallest absolute Gasteiger partial charge is 0.0542 e. The summed E-state index contributed by atoms with van der Waals surface area (Å²) >= 11 is 0. The zero-order valence-corrected chi connectivity index (χ0v) is 9.85. The Hall–Kier alpha value is -0.890. The molecule has 2 atom stereocenters. The molecule has 15 heavy (non-hydrogen) atoms. The van der Waals surface area contributed by atoms with Crippen molar-refractivity contribution in [3.8, 4) is 0 Å². The molecule has 0 saturated heterocycles. The Balaban J connectivity index is 2.47. The number of aliphatic hydroxyl groups excluding tert-OH is 1. The lowest BCUT2D eigenvalue weighted by Gasteiger charge is -2.23. The summed E-state index contributed by atoms with van der Waals surface area (Å²) in [7, 11) is 0. The molecule has 84 valence electrons. The van der Waals surface area contributed by atoms with Crippen molar-refractivity contribution < 1.29 is 5.11 Å². The third-order valence-electron chi connectivity index (χ3n) is 2.99. The van der Waals surface area contributed by atoms with Crippen molar-refractivity contribution in [2.45, 2.75) is 39.7 Å². The third kappa shape index (κ3) is 4.00. The van der Waals surface area contributed by atoms with Crippen molar-refractivity contribution in [1.29, 1.82) is 0 Å². The molecule has 1 N–H and O–H groups in total. The first-order valence-corrected chi connectivity index (χ1v) is 5.68. The second kappa shape index (κ2) is 5.86. The first kappa shape index (κ1) is 12.2. The summed E-state index contributed by atoms with van der Waals surface area (Å²) in [6.07, 6.45) is 5.49.